The number of nitrogens with one attached hydrogen (secondary N) is 1. The van der Waals surface area contributed by atoms with Gasteiger partial charge in [-0.3, -0.25) is 0 Å². The molecule has 3 aliphatic rings. The van der Waals surface area contributed by atoms with E-state index in [1.807, 2.05) is 0 Å². The summed E-state index contributed by atoms with van der Waals surface area (Å²) in [6.07, 6.45) is 11.0. The molecule has 0 bridgehead atoms. The van der Waals surface area contributed by atoms with Crippen LogP contribution in [0.25, 0.3) is 0 Å². The number of morpholine rings is 1. The maximum atomic E-state index is 6.37. The van der Waals surface area contributed by atoms with E-state index in [1.54, 1.807) is 0 Å². The average Bonchev–Trinajstić information content (AvgIpc) is 2.67. The van der Waals surface area contributed by atoms with Gasteiger partial charge in [0.1, 0.15) is 0 Å². The van der Waals surface area contributed by atoms with Gasteiger partial charge in [0.15, 0.2) is 0 Å². The highest BCUT2D eigenvalue weighted by atomic mass is 16.5. The molecule has 0 aromatic carbocycles. The molecule has 2 atom stereocenters. The Labute approximate surface area is 112 Å². The molecule has 0 aromatic rings. The lowest BCUT2D eigenvalue weighted by atomic mass is 9.74. The highest BCUT2D eigenvalue weighted by Crippen LogP contribution is 2.50. The monoisotopic (exact) mass is 251 g/mol. The standard InChI is InChI=1S/C16H29NO/c1-15(2)8-9-16(12-15)14(17-10-11-18-16)13-6-4-3-5-7-13/h13-14,17H,3-12H2,1-2H3. The highest BCUT2D eigenvalue weighted by molar-refractivity contribution is 5.06. The molecule has 1 N–H and O–H groups in total. The van der Waals surface area contributed by atoms with E-state index in [0.717, 1.165) is 19.1 Å². The van der Waals surface area contributed by atoms with Crippen molar-refractivity contribution < 1.29 is 4.74 Å². The van der Waals surface area contributed by atoms with Crippen LogP contribution >= 0.6 is 0 Å². The van der Waals surface area contributed by atoms with Gasteiger partial charge in [0.25, 0.3) is 0 Å². The zero-order chi connectivity index (χ0) is 12.6. The summed E-state index contributed by atoms with van der Waals surface area (Å²) in [7, 11) is 0. The molecule has 3 fully saturated rings. The van der Waals surface area contributed by atoms with Gasteiger partial charge in [-0.05, 0) is 43.4 Å². The van der Waals surface area contributed by atoms with Crippen molar-refractivity contribution in [2.24, 2.45) is 11.3 Å². The fraction of sp³-hybridized carbons (Fsp3) is 1.00. The van der Waals surface area contributed by atoms with Crippen molar-refractivity contribution >= 4 is 0 Å². The van der Waals surface area contributed by atoms with Gasteiger partial charge in [-0.15, -0.1) is 0 Å². The van der Waals surface area contributed by atoms with Crippen LogP contribution in [0.15, 0.2) is 0 Å². The molecule has 0 radical (unpaired) electrons. The Morgan fingerprint density at radius 1 is 1.06 bits per heavy atom. The summed E-state index contributed by atoms with van der Waals surface area (Å²) in [5.74, 6) is 0.868. The summed E-state index contributed by atoms with van der Waals surface area (Å²) in [6, 6.07) is 0.633. The Morgan fingerprint density at radius 2 is 1.83 bits per heavy atom. The summed E-state index contributed by atoms with van der Waals surface area (Å²) in [5, 5.41) is 3.83. The van der Waals surface area contributed by atoms with Crippen LogP contribution in [0.4, 0.5) is 0 Å². The second-order valence-electron chi connectivity index (χ2n) is 7.58. The zero-order valence-corrected chi connectivity index (χ0v) is 12.1. The molecule has 2 heteroatoms. The molecule has 0 amide bonds. The van der Waals surface area contributed by atoms with Crippen molar-refractivity contribution in [2.75, 3.05) is 13.2 Å². The topological polar surface area (TPSA) is 21.3 Å². The molecule has 2 unspecified atom stereocenters. The maximum absolute atomic E-state index is 6.37. The molecule has 1 saturated heterocycles. The fourth-order valence-corrected chi connectivity index (χ4v) is 4.73. The summed E-state index contributed by atoms with van der Waals surface area (Å²) in [5.41, 5.74) is 0.649. The lowest BCUT2D eigenvalue weighted by Gasteiger charge is -2.47. The molecule has 1 aliphatic heterocycles. The summed E-state index contributed by atoms with van der Waals surface area (Å²) in [6.45, 7) is 6.80. The Hall–Kier alpha value is -0.0800. The molecule has 3 rings (SSSR count). The lowest BCUT2D eigenvalue weighted by Crippen LogP contribution is -2.60. The Morgan fingerprint density at radius 3 is 2.50 bits per heavy atom. The minimum Gasteiger partial charge on any atom is -0.372 e. The van der Waals surface area contributed by atoms with Gasteiger partial charge < -0.3 is 10.1 Å². The van der Waals surface area contributed by atoms with E-state index in [4.69, 9.17) is 4.74 Å². The second-order valence-corrected chi connectivity index (χ2v) is 7.58. The molecule has 1 spiro atoms. The SMILES string of the molecule is CC1(C)CCC2(C1)OCCNC2C1CCCCC1. The molecule has 2 nitrogen and oxygen atoms in total. The second kappa shape index (κ2) is 4.79. The first-order valence-corrected chi connectivity index (χ1v) is 7.99. The third-order valence-electron chi connectivity index (χ3n) is 5.55. The van der Waals surface area contributed by atoms with Crippen molar-refractivity contribution in [3.05, 3.63) is 0 Å². The Balaban J connectivity index is 1.77. The van der Waals surface area contributed by atoms with Gasteiger partial charge in [-0.2, -0.15) is 0 Å². The number of hydrogen-bond acceptors (Lipinski definition) is 2. The van der Waals surface area contributed by atoms with Crippen molar-refractivity contribution in [3.8, 4) is 0 Å². The number of rotatable bonds is 1. The summed E-state index contributed by atoms with van der Waals surface area (Å²) < 4.78 is 6.37. The average molecular weight is 251 g/mol. The van der Waals surface area contributed by atoms with Gasteiger partial charge in [-0.25, -0.2) is 0 Å². The van der Waals surface area contributed by atoms with E-state index >= 15 is 0 Å². The van der Waals surface area contributed by atoms with Crippen LogP contribution < -0.4 is 5.32 Å². The van der Waals surface area contributed by atoms with Crippen molar-refractivity contribution in [1.82, 2.24) is 5.32 Å². The summed E-state index contributed by atoms with van der Waals surface area (Å²) >= 11 is 0. The van der Waals surface area contributed by atoms with E-state index < -0.39 is 0 Å². The largest absolute Gasteiger partial charge is 0.372 e. The van der Waals surface area contributed by atoms with E-state index in [1.165, 1.54) is 51.4 Å². The maximum Gasteiger partial charge on any atom is 0.0843 e. The van der Waals surface area contributed by atoms with Crippen LogP contribution in [0.1, 0.15) is 65.2 Å². The van der Waals surface area contributed by atoms with Gasteiger partial charge in [0.2, 0.25) is 0 Å². The number of hydrogen-bond donors (Lipinski definition) is 1. The molecule has 2 saturated carbocycles. The smallest absolute Gasteiger partial charge is 0.0843 e. The number of ether oxygens (including phenoxy) is 1. The van der Waals surface area contributed by atoms with Crippen LogP contribution in [-0.4, -0.2) is 24.8 Å². The molecular formula is C16H29NO. The molecule has 1 heterocycles. The van der Waals surface area contributed by atoms with Crippen molar-refractivity contribution in [3.63, 3.8) is 0 Å². The third kappa shape index (κ3) is 2.34. The minimum atomic E-state index is 0.170. The van der Waals surface area contributed by atoms with Gasteiger partial charge >= 0.3 is 0 Å². The molecule has 2 aliphatic carbocycles. The van der Waals surface area contributed by atoms with Crippen molar-refractivity contribution in [1.29, 1.82) is 0 Å². The fourth-order valence-electron chi connectivity index (χ4n) is 4.73. The Kier molecular flexibility index (Phi) is 3.44. The quantitative estimate of drug-likeness (QED) is 0.770. The van der Waals surface area contributed by atoms with Gasteiger partial charge in [0, 0.05) is 12.6 Å². The molecule has 104 valence electrons. The van der Waals surface area contributed by atoms with Crippen LogP contribution in [-0.2, 0) is 4.74 Å². The van der Waals surface area contributed by atoms with Crippen LogP contribution in [0.3, 0.4) is 0 Å². The Bertz CT molecular complexity index is 295. The van der Waals surface area contributed by atoms with E-state index in [0.29, 0.717) is 11.5 Å². The molecular weight excluding hydrogens is 222 g/mol. The third-order valence-corrected chi connectivity index (χ3v) is 5.55. The van der Waals surface area contributed by atoms with Gasteiger partial charge in [-0.1, -0.05) is 33.1 Å². The lowest BCUT2D eigenvalue weighted by molar-refractivity contribution is -0.114. The van der Waals surface area contributed by atoms with Crippen LogP contribution in [0.5, 0.6) is 0 Å². The zero-order valence-electron chi connectivity index (χ0n) is 12.1. The minimum absolute atomic E-state index is 0.170. The first-order chi connectivity index (χ1) is 8.61. The van der Waals surface area contributed by atoms with Gasteiger partial charge in [0.05, 0.1) is 12.2 Å². The molecule has 18 heavy (non-hydrogen) atoms. The van der Waals surface area contributed by atoms with E-state index in [2.05, 4.69) is 19.2 Å². The summed E-state index contributed by atoms with van der Waals surface area (Å²) in [4.78, 5) is 0. The first kappa shape index (κ1) is 12.9. The van der Waals surface area contributed by atoms with Crippen LogP contribution in [0, 0.1) is 11.3 Å². The van der Waals surface area contributed by atoms with E-state index in [9.17, 15) is 0 Å². The predicted octanol–water partition coefficient (Wildman–Crippen LogP) is 3.50. The van der Waals surface area contributed by atoms with E-state index in [-0.39, 0.29) is 5.60 Å². The van der Waals surface area contributed by atoms with Crippen LogP contribution in [0.2, 0.25) is 0 Å². The first-order valence-electron chi connectivity index (χ1n) is 7.99. The van der Waals surface area contributed by atoms with Crippen molar-refractivity contribution in [2.45, 2.75) is 76.9 Å². The molecule has 0 aromatic heterocycles. The normalized spacial score (nSPS) is 41.3. The highest BCUT2D eigenvalue weighted by Gasteiger charge is 2.52. The predicted molar refractivity (Wildman–Crippen MR) is 74.7 cm³/mol.